The van der Waals surface area contributed by atoms with Crippen LogP contribution in [0.5, 0.6) is 0 Å². The van der Waals surface area contributed by atoms with Gasteiger partial charge in [0.25, 0.3) is 0 Å². The highest BCUT2D eigenvalue weighted by molar-refractivity contribution is 5.73. The van der Waals surface area contributed by atoms with Crippen molar-refractivity contribution >= 4 is 11.9 Å². The van der Waals surface area contributed by atoms with Crippen molar-refractivity contribution in [1.29, 1.82) is 0 Å². The van der Waals surface area contributed by atoms with Crippen molar-refractivity contribution in [3.63, 3.8) is 0 Å². The zero-order valence-electron chi connectivity index (χ0n) is 18.4. The molecule has 0 saturated heterocycles. The molecule has 0 unspecified atom stereocenters. The molecule has 2 heterocycles. The fourth-order valence-corrected chi connectivity index (χ4v) is 3.06. The highest BCUT2D eigenvalue weighted by atomic mass is 19.4. The first-order valence-corrected chi connectivity index (χ1v) is 10.3. The third kappa shape index (κ3) is 7.56. The number of aryl methyl sites for hydroxylation is 1. The van der Waals surface area contributed by atoms with Crippen molar-refractivity contribution in [3.8, 4) is 16.9 Å². The number of aromatic nitrogens is 4. The van der Waals surface area contributed by atoms with E-state index in [0.29, 0.717) is 5.95 Å². The van der Waals surface area contributed by atoms with Crippen molar-refractivity contribution in [3.05, 3.63) is 54.0 Å². The molecule has 0 fully saturated rings. The van der Waals surface area contributed by atoms with Crippen molar-refractivity contribution in [1.82, 2.24) is 19.7 Å². The number of alkyl halides is 3. The number of unbranched alkanes of at least 4 members (excludes halogenated alkanes) is 2. The highest BCUT2D eigenvalue weighted by Crippen LogP contribution is 2.27. The lowest BCUT2D eigenvalue weighted by Gasteiger charge is -2.07. The van der Waals surface area contributed by atoms with E-state index >= 15 is 0 Å². The van der Waals surface area contributed by atoms with Gasteiger partial charge in [-0.15, -0.1) is 0 Å². The Balaban J connectivity index is 0.000000479. The third-order valence-corrected chi connectivity index (χ3v) is 4.61. The molecule has 11 heteroatoms. The number of aliphatic carboxylic acids is 1. The predicted molar refractivity (Wildman–Crippen MR) is 119 cm³/mol. The number of rotatable bonds is 8. The number of hydrogen-bond donors (Lipinski definition) is 3. The zero-order chi connectivity index (χ0) is 24.4. The smallest absolute Gasteiger partial charge is 0.475 e. The minimum Gasteiger partial charge on any atom is -0.475 e. The molecule has 1 aromatic carbocycles. The summed E-state index contributed by atoms with van der Waals surface area (Å²) in [5.41, 5.74) is 10.5. The Morgan fingerprint density at radius 3 is 2.39 bits per heavy atom. The largest absolute Gasteiger partial charge is 0.490 e. The molecule has 4 N–H and O–H groups in total. The SMILES string of the molecule is Cc1nn(-c2ccccc2)c(C)c1-c1ccnc(NCCCCCN)n1.O=C(O)C(F)(F)F. The van der Waals surface area contributed by atoms with Crippen LogP contribution in [0.2, 0.25) is 0 Å². The van der Waals surface area contributed by atoms with Crippen LogP contribution in [0.25, 0.3) is 16.9 Å². The fraction of sp³-hybridized carbons (Fsp3) is 0.364. The van der Waals surface area contributed by atoms with Crippen LogP contribution in [0.15, 0.2) is 42.6 Å². The maximum atomic E-state index is 10.6. The first kappa shape index (κ1) is 25.8. The van der Waals surface area contributed by atoms with Gasteiger partial charge in [-0.05, 0) is 51.4 Å². The maximum Gasteiger partial charge on any atom is 0.490 e. The van der Waals surface area contributed by atoms with Gasteiger partial charge >= 0.3 is 12.1 Å². The number of hydrogen-bond acceptors (Lipinski definition) is 6. The number of carbonyl (C=O) groups is 1. The average Bonchev–Trinajstić information content (AvgIpc) is 3.08. The third-order valence-electron chi connectivity index (χ3n) is 4.61. The van der Waals surface area contributed by atoms with Crippen molar-refractivity contribution in [2.75, 3.05) is 18.4 Å². The van der Waals surface area contributed by atoms with Gasteiger partial charge in [0.2, 0.25) is 5.95 Å². The molecule has 0 atom stereocenters. The van der Waals surface area contributed by atoms with E-state index in [-0.39, 0.29) is 0 Å². The predicted octanol–water partition coefficient (Wildman–Crippen LogP) is 4.12. The standard InChI is InChI=1S/C20H26N6.C2HF3O2/c1-15-19(16(2)26(25-15)17-9-5-3-6-10-17)18-11-14-23-20(24-18)22-13-8-4-7-12-21;3-2(4,5)1(6)7/h3,5-6,9-11,14H,4,7-8,12-13,21H2,1-2H3,(H,22,23,24);(H,6,7). The number of anilines is 1. The first-order valence-electron chi connectivity index (χ1n) is 10.3. The molecule has 0 saturated carbocycles. The number of benzene rings is 1. The summed E-state index contributed by atoms with van der Waals surface area (Å²) in [6.45, 7) is 5.69. The lowest BCUT2D eigenvalue weighted by Crippen LogP contribution is -2.21. The second kappa shape index (κ2) is 12.0. The van der Waals surface area contributed by atoms with Gasteiger partial charge in [-0.25, -0.2) is 19.4 Å². The Morgan fingerprint density at radius 2 is 1.79 bits per heavy atom. The fourth-order valence-electron chi connectivity index (χ4n) is 3.06. The molecule has 178 valence electrons. The quantitative estimate of drug-likeness (QED) is 0.429. The second-order valence-electron chi connectivity index (χ2n) is 7.14. The molecule has 0 bridgehead atoms. The van der Waals surface area contributed by atoms with Gasteiger partial charge in [-0.1, -0.05) is 24.6 Å². The summed E-state index contributed by atoms with van der Waals surface area (Å²) in [5, 5.41) is 15.1. The monoisotopic (exact) mass is 464 g/mol. The molecule has 0 radical (unpaired) electrons. The maximum absolute atomic E-state index is 10.6. The molecular weight excluding hydrogens is 437 g/mol. The van der Waals surface area contributed by atoms with Gasteiger partial charge < -0.3 is 16.2 Å². The zero-order valence-corrected chi connectivity index (χ0v) is 18.4. The number of halogens is 3. The number of carboxylic acids is 1. The molecule has 0 spiro atoms. The average molecular weight is 464 g/mol. The number of nitrogens with zero attached hydrogens (tertiary/aromatic N) is 4. The van der Waals surface area contributed by atoms with Gasteiger partial charge in [0, 0.05) is 18.3 Å². The van der Waals surface area contributed by atoms with Crippen LogP contribution < -0.4 is 11.1 Å². The number of nitrogens with one attached hydrogen (secondary N) is 1. The summed E-state index contributed by atoms with van der Waals surface area (Å²) in [6, 6.07) is 12.1. The summed E-state index contributed by atoms with van der Waals surface area (Å²) in [6.07, 6.45) is -0.0526. The second-order valence-corrected chi connectivity index (χ2v) is 7.14. The van der Waals surface area contributed by atoms with Crippen LogP contribution in [0, 0.1) is 13.8 Å². The molecule has 3 rings (SSSR count). The number of para-hydroxylation sites is 1. The Bertz CT molecular complexity index is 1040. The summed E-state index contributed by atoms with van der Waals surface area (Å²) < 4.78 is 33.7. The van der Waals surface area contributed by atoms with Crippen LogP contribution in [-0.2, 0) is 4.79 Å². The van der Waals surface area contributed by atoms with E-state index in [1.54, 1.807) is 6.20 Å². The van der Waals surface area contributed by atoms with E-state index in [2.05, 4.69) is 34.3 Å². The molecule has 0 aliphatic rings. The lowest BCUT2D eigenvalue weighted by atomic mass is 10.1. The van der Waals surface area contributed by atoms with Gasteiger partial charge in [0.05, 0.1) is 22.8 Å². The topological polar surface area (TPSA) is 119 Å². The molecule has 8 nitrogen and oxygen atoms in total. The molecular formula is C22H27F3N6O2. The minimum atomic E-state index is -5.08. The Hall–Kier alpha value is -3.47. The van der Waals surface area contributed by atoms with Crippen LogP contribution in [0.3, 0.4) is 0 Å². The molecule has 0 amide bonds. The summed E-state index contributed by atoms with van der Waals surface area (Å²) in [7, 11) is 0. The molecule has 33 heavy (non-hydrogen) atoms. The van der Waals surface area contributed by atoms with Crippen molar-refractivity contribution in [2.24, 2.45) is 5.73 Å². The lowest BCUT2D eigenvalue weighted by molar-refractivity contribution is -0.192. The molecule has 0 aliphatic carbocycles. The van der Waals surface area contributed by atoms with Crippen LogP contribution in [0.4, 0.5) is 19.1 Å². The molecule has 0 aliphatic heterocycles. The molecule has 3 aromatic rings. The molecule has 2 aromatic heterocycles. The van der Waals surface area contributed by atoms with Gasteiger partial charge in [-0.2, -0.15) is 18.3 Å². The Labute approximate surface area is 189 Å². The first-order chi connectivity index (χ1) is 15.6. The summed E-state index contributed by atoms with van der Waals surface area (Å²) >= 11 is 0. The summed E-state index contributed by atoms with van der Waals surface area (Å²) in [5.74, 6) is -2.10. The van der Waals surface area contributed by atoms with E-state index in [0.717, 1.165) is 60.7 Å². The van der Waals surface area contributed by atoms with E-state index in [4.69, 9.17) is 20.7 Å². The van der Waals surface area contributed by atoms with E-state index < -0.39 is 12.1 Å². The van der Waals surface area contributed by atoms with E-state index in [1.165, 1.54) is 0 Å². The van der Waals surface area contributed by atoms with Gasteiger partial charge in [0.1, 0.15) is 0 Å². The number of nitrogens with two attached hydrogens (primary N) is 1. The van der Waals surface area contributed by atoms with Gasteiger partial charge in [0.15, 0.2) is 0 Å². The van der Waals surface area contributed by atoms with Crippen LogP contribution in [-0.4, -0.2) is 50.1 Å². The van der Waals surface area contributed by atoms with Crippen molar-refractivity contribution < 1.29 is 23.1 Å². The van der Waals surface area contributed by atoms with Gasteiger partial charge in [-0.3, -0.25) is 0 Å². The number of carboxylic acid groups (broad SMARTS) is 1. The normalized spacial score (nSPS) is 11.0. The highest BCUT2D eigenvalue weighted by Gasteiger charge is 2.38. The summed E-state index contributed by atoms with van der Waals surface area (Å²) in [4.78, 5) is 17.9. The van der Waals surface area contributed by atoms with E-state index in [1.807, 2.05) is 35.9 Å². The Morgan fingerprint density at radius 1 is 1.12 bits per heavy atom. The van der Waals surface area contributed by atoms with E-state index in [9.17, 15) is 13.2 Å². The minimum absolute atomic E-state index is 0.654. The van der Waals surface area contributed by atoms with Crippen LogP contribution >= 0.6 is 0 Å². The van der Waals surface area contributed by atoms with Crippen LogP contribution in [0.1, 0.15) is 30.7 Å². The Kier molecular flexibility index (Phi) is 9.34. The van der Waals surface area contributed by atoms with Crippen molar-refractivity contribution in [2.45, 2.75) is 39.3 Å².